The van der Waals surface area contributed by atoms with E-state index in [0.29, 0.717) is 53.3 Å². The van der Waals surface area contributed by atoms with Gasteiger partial charge in [-0.25, -0.2) is 14.5 Å². The number of amides is 1. The number of nitrogens with zero attached hydrogens (tertiary/aromatic N) is 7. The molecule has 0 radical (unpaired) electrons. The van der Waals surface area contributed by atoms with Crippen LogP contribution in [0.2, 0.25) is 0 Å². The number of hydrogen-bond donors (Lipinski definition) is 2. The molecule has 6 rings (SSSR count). The van der Waals surface area contributed by atoms with Crippen LogP contribution in [0.15, 0.2) is 59.9 Å². The van der Waals surface area contributed by atoms with Gasteiger partial charge in [0, 0.05) is 18.9 Å². The summed E-state index contributed by atoms with van der Waals surface area (Å²) in [7, 11) is 0. The number of aromatic amines is 1. The average molecular weight is 494 g/mol. The van der Waals surface area contributed by atoms with E-state index in [1.807, 2.05) is 30.3 Å². The van der Waals surface area contributed by atoms with Gasteiger partial charge in [0.05, 0.1) is 22.2 Å². The van der Waals surface area contributed by atoms with Gasteiger partial charge in [0.25, 0.3) is 11.5 Å². The number of hydrogen-bond acceptors (Lipinski definition) is 7. The molecule has 1 aromatic carbocycles. The van der Waals surface area contributed by atoms with E-state index in [2.05, 4.69) is 32.8 Å². The Bertz CT molecular complexity index is 1780. The van der Waals surface area contributed by atoms with Gasteiger partial charge in [-0.3, -0.25) is 14.2 Å². The predicted molar refractivity (Wildman–Crippen MR) is 136 cm³/mol. The number of anilines is 1. The van der Waals surface area contributed by atoms with Crippen molar-refractivity contribution in [3.8, 4) is 11.8 Å². The number of carbonyl (C=O) groups is 1. The van der Waals surface area contributed by atoms with Crippen molar-refractivity contribution in [3.05, 3.63) is 82.4 Å². The SMILES string of the molecule is CC[C@@]1(c2nn3ccc(C(N)=O)c3c(=O)n2-c2ccccc2)CCCN1c1ncnc2[nH]cc(C#N)c12. The number of nitrogens with one attached hydrogen (secondary N) is 1. The summed E-state index contributed by atoms with van der Waals surface area (Å²) in [5.41, 5.74) is 6.35. The van der Waals surface area contributed by atoms with Crippen molar-refractivity contribution >= 4 is 28.3 Å². The highest BCUT2D eigenvalue weighted by molar-refractivity contribution is 5.99. The number of nitrogens with two attached hydrogens (primary N) is 1. The van der Waals surface area contributed by atoms with Gasteiger partial charge in [0.1, 0.15) is 34.9 Å². The Morgan fingerprint density at radius 2 is 2.05 bits per heavy atom. The van der Waals surface area contributed by atoms with Crippen molar-refractivity contribution in [2.24, 2.45) is 5.73 Å². The molecule has 1 atom stereocenters. The van der Waals surface area contributed by atoms with E-state index in [0.717, 1.165) is 6.42 Å². The molecule has 1 saturated heterocycles. The van der Waals surface area contributed by atoms with Crippen LogP contribution in [0.3, 0.4) is 0 Å². The molecule has 4 aromatic heterocycles. The largest absolute Gasteiger partial charge is 0.366 e. The number of primary amides is 1. The summed E-state index contributed by atoms with van der Waals surface area (Å²) in [6, 6.07) is 13.0. The van der Waals surface area contributed by atoms with Crippen LogP contribution in [0.5, 0.6) is 0 Å². The van der Waals surface area contributed by atoms with E-state index in [-0.39, 0.29) is 16.6 Å². The van der Waals surface area contributed by atoms with Gasteiger partial charge < -0.3 is 15.6 Å². The van der Waals surface area contributed by atoms with Crippen LogP contribution in [-0.4, -0.2) is 41.6 Å². The molecule has 0 unspecified atom stereocenters. The van der Waals surface area contributed by atoms with Crippen molar-refractivity contribution in [2.45, 2.75) is 31.7 Å². The van der Waals surface area contributed by atoms with Crippen LogP contribution in [0.25, 0.3) is 22.2 Å². The molecule has 11 nitrogen and oxygen atoms in total. The van der Waals surface area contributed by atoms with E-state index in [9.17, 15) is 14.9 Å². The molecule has 5 aromatic rings. The standard InChI is InChI=1S/C26H23N9O2/c1-2-26(10-6-11-33(26)23-19-16(13-27)14-29-22(19)30-15-31-23)25-32-34-12-9-18(21(28)36)20(34)24(37)35(25)17-7-4-3-5-8-17/h3-5,7-9,12,14-15H,2,6,10-11H2,1H3,(H2,28,36)(H,29,30,31)/t26-/m0/s1. The lowest BCUT2D eigenvalue weighted by molar-refractivity contribution is 0.100. The van der Waals surface area contributed by atoms with Gasteiger partial charge in [0.15, 0.2) is 5.82 Å². The summed E-state index contributed by atoms with van der Waals surface area (Å²) in [5.74, 6) is 0.436. The fourth-order valence-corrected chi connectivity index (χ4v) is 5.57. The first-order valence-electron chi connectivity index (χ1n) is 12.0. The van der Waals surface area contributed by atoms with E-state index in [1.54, 1.807) is 17.0 Å². The van der Waals surface area contributed by atoms with Crippen LogP contribution in [0.4, 0.5) is 5.82 Å². The maximum atomic E-state index is 14.1. The zero-order valence-electron chi connectivity index (χ0n) is 20.0. The molecule has 1 aliphatic heterocycles. The Morgan fingerprint density at radius 1 is 1.24 bits per heavy atom. The highest BCUT2D eigenvalue weighted by Gasteiger charge is 2.47. The third-order valence-electron chi connectivity index (χ3n) is 7.28. The van der Waals surface area contributed by atoms with Gasteiger partial charge in [0.2, 0.25) is 0 Å². The average Bonchev–Trinajstić information content (AvgIpc) is 3.65. The molecule has 5 heterocycles. The Kier molecular flexibility index (Phi) is 5.05. The van der Waals surface area contributed by atoms with Crippen LogP contribution in [-0.2, 0) is 5.54 Å². The molecular weight excluding hydrogens is 470 g/mol. The van der Waals surface area contributed by atoms with E-state index in [4.69, 9.17) is 10.8 Å². The molecule has 11 heteroatoms. The molecule has 37 heavy (non-hydrogen) atoms. The highest BCUT2D eigenvalue weighted by atomic mass is 16.1. The van der Waals surface area contributed by atoms with E-state index < -0.39 is 11.4 Å². The fraction of sp³-hybridized carbons (Fsp3) is 0.231. The summed E-state index contributed by atoms with van der Waals surface area (Å²) in [6.45, 7) is 2.70. The van der Waals surface area contributed by atoms with Crippen LogP contribution in [0.1, 0.15) is 47.9 Å². The Morgan fingerprint density at radius 3 is 2.78 bits per heavy atom. The molecule has 0 aliphatic carbocycles. The normalized spacial score (nSPS) is 17.5. The number of nitriles is 1. The summed E-state index contributed by atoms with van der Waals surface area (Å²) in [4.78, 5) is 40.3. The van der Waals surface area contributed by atoms with Crippen molar-refractivity contribution in [1.82, 2.24) is 29.1 Å². The molecule has 0 saturated carbocycles. The summed E-state index contributed by atoms with van der Waals surface area (Å²) in [5, 5.41) is 15.3. The first-order chi connectivity index (χ1) is 18.0. The Labute approximate surface area is 210 Å². The predicted octanol–water partition coefficient (Wildman–Crippen LogP) is 2.63. The second-order valence-corrected chi connectivity index (χ2v) is 9.06. The molecule has 1 aliphatic rings. The van der Waals surface area contributed by atoms with Crippen molar-refractivity contribution in [3.63, 3.8) is 0 Å². The zero-order valence-corrected chi connectivity index (χ0v) is 20.0. The monoisotopic (exact) mass is 493 g/mol. The molecule has 1 fully saturated rings. The maximum Gasteiger partial charge on any atom is 0.283 e. The first kappa shape index (κ1) is 22.5. The molecule has 3 N–H and O–H groups in total. The van der Waals surface area contributed by atoms with Crippen molar-refractivity contribution < 1.29 is 4.79 Å². The minimum absolute atomic E-state index is 0.117. The third-order valence-corrected chi connectivity index (χ3v) is 7.28. The topological polar surface area (TPSA) is 151 Å². The highest BCUT2D eigenvalue weighted by Crippen LogP contribution is 2.45. The number of H-pyrrole nitrogens is 1. The van der Waals surface area contributed by atoms with Crippen molar-refractivity contribution in [1.29, 1.82) is 5.26 Å². The minimum Gasteiger partial charge on any atom is -0.366 e. The Balaban J connectivity index is 1.69. The van der Waals surface area contributed by atoms with E-state index >= 15 is 0 Å². The van der Waals surface area contributed by atoms with Gasteiger partial charge in [-0.1, -0.05) is 25.1 Å². The smallest absolute Gasteiger partial charge is 0.283 e. The lowest BCUT2D eigenvalue weighted by atomic mass is 9.90. The lowest BCUT2D eigenvalue weighted by Gasteiger charge is -2.39. The van der Waals surface area contributed by atoms with Gasteiger partial charge >= 0.3 is 0 Å². The number of carbonyl (C=O) groups excluding carboxylic acids is 1. The first-order valence-corrected chi connectivity index (χ1v) is 12.0. The minimum atomic E-state index is -0.731. The lowest BCUT2D eigenvalue weighted by Crippen LogP contribution is -2.47. The van der Waals surface area contributed by atoms with Crippen LogP contribution in [0, 0.1) is 11.3 Å². The summed E-state index contributed by atoms with van der Waals surface area (Å²) in [6.07, 6.45) is 6.82. The second kappa shape index (κ2) is 8.30. The number of aromatic nitrogens is 6. The summed E-state index contributed by atoms with van der Waals surface area (Å²) < 4.78 is 3.02. The van der Waals surface area contributed by atoms with Crippen molar-refractivity contribution in [2.75, 3.05) is 11.4 Å². The number of fused-ring (bicyclic) bond motifs is 2. The molecule has 184 valence electrons. The van der Waals surface area contributed by atoms with Crippen LogP contribution < -0.4 is 16.2 Å². The fourth-order valence-electron chi connectivity index (χ4n) is 5.57. The summed E-state index contributed by atoms with van der Waals surface area (Å²) >= 11 is 0. The van der Waals surface area contributed by atoms with Gasteiger partial charge in [-0.05, 0) is 37.5 Å². The third kappa shape index (κ3) is 3.15. The molecule has 0 spiro atoms. The second-order valence-electron chi connectivity index (χ2n) is 9.06. The number of para-hydroxylation sites is 1. The zero-order chi connectivity index (χ0) is 25.7. The Hall–Kier alpha value is -4.98. The molecule has 1 amide bonds. The molecular formula is C26H23N9O2. The van der Waals surface area contributed by atoms with Gasteiger partial charge in [-0.2, -0.15) is 10.4 Å². The maximum absolute atomic E-state index is 14.1. The number of rotatable bonds is 5. The quantitative estimate of drug-likeness (QED) is 0.382. The molecule has 0 bridgehead atoms. The van der Waals surface area contributed by atoms with Crippen LogP contribution >= 0.6 is 0 Å². The van der Waals surface area contributed by atoms with E-state index in [1.165, 1.54) is 16.9 Å². The number of benzene rings is 1. The van der Waals surface area contributed by atoms with Gasteiger partial charge in [-0.15, -0.1) is 0 Å².